The van der Waals surface area contributed by atoms with Gasteiger partial charge in [0.2, 0.25) is 5.28 Å². The lowest BCUT2D eigenvalue weighted by Crippen LogP contribution is -2.12. The molecule has 152 valence electrons. The normalized spacial score (nSPS) is 10.9. The number of halogens is 2. The van der Waals surface area contributed by atoms with E-state index in [0.717, 1.165) is 16.6 Å². The lowest BCUT2D eigenvalue weighted by atomic mass is 10.2. The van der Waals surface area contributed by atoms with Gasteiger partial charge in [0.1, 0.15) is 19.0 Å². The van der Waals surface area contributed by atoms with Gasteiger partial charge in [0.05, 0.1) is 23.1 Å². The van der Waals surface area contributed by atoms with Crippen LogP contribution in [0.15, 0.2) is 72.8 Å². The first-order valence-corrected chi connectivity index (χ1v) is 10.1. The Balaban J connectivity index is 1.41. The lowest BCUT2D eigenvalue weighted by molar-refractivity contribution is 0.0450. The molecule has 0 aliphatic rings. The number of fused-ring (bicyclic) bond motifs is 1. The fourth-order valence-corrected chi connectivity index (χ4v) is 3.41. The Hall–Kier alpha value is -3.02. The van der Waals surface area contributed by atoms with Gasteiger partial charge in [-0.1, -0.05) is 41.9 Å². The van der Waals surface area contributed by atoms with E-state index in [4.69, 9.17) is 32.7 Å². The van der Waals surface area contributed by atoms with Gasteiger partial charge in [-0.15, -0.1) is 0 Å². The number of rotatable bonds is 7. The Labute approximate surface area is 183 Å². The van der Waals surface area contributed by atoms with E-state index in [0.29, 0.717) is 28.2 Å². The van der Waals surface area contributed by atoms with Crippen molar-refractivity contribution in [2.45, 2.75) is 6.54 Å². The van der Waals surface area contributed by atoms with E-state index in [1.165, 1.54) is 0 Å². The molecule has 0 bridgehead atoms. The van der Waals surface area contributed by atoms with Crippen molar-refractivity contribution in [3.8, 4) is 5.75 Å². The SMILES string of the molecule is O=C(OCCOc1ccc2nc(Cl)n(Cc3ccc(Cl)cc3)c2c1)c1ccccc1. The highest BCUT2D eigenvalue weighted by atomic mass is 35.5. The Kier molecular flexibility index (Phi) is 6.21. The molecule has 4 aromatic rings. The highest BCUT2D eigenvalue weighted by molar-refractivity contribution is 6.30. The summed E-state index contributed by atoms with van der Waals surface area (Å²) in [5.41, 5.74) is 3.20. The Morgan fingerprint density at radius 2 is 1.70 bits per heavy atom. The van der Waals surface area contributed by atoms with Gasteiger partial charge >= 0.3 is 5.97 Å². The third kappa shape index (κ3) is 4.75. The van der Waals surface area contributed by atoms with Gasteiger partial charge in [-0.05, 0) is 53.6 Å². The average Bonchev–Trinajstić information content (AvgIpc) is 3.08. The van der Waals surface area contributed by atoms with E-state index in [1.807, 2.05) is 53.1 Å². The first-order chi connectivity index (χ1) is 14.6. The van der Waals surface area contributed by atoms with E-state index >= 15 is 0 Å². The molecule has 0 aliphatic heterocycles. The number of carbonyl (C=O) groups is 1. The number of carbonyl (C=O) groups excluding carboxylic acids is 1. The van der Waals surface area contributed by atoms with E-state index in [1.54, 1.807) is 24.3 Å². The highest BCUT2D eigenvalue weighted by Crippen LogP contribution is 2.25. The molecule has 1 aromatic heterocycles. The monoisotopic (exact) mass is 440 g/mol. The standard InChI is InChI=1S/C23H18Cl2N2O3/c24-18-8-6-16(7-9-18)15-27-21-14-19(10-11-20(21)26-23(27)25)29-12-13-30-22(28)17-4-2-1-3-5-17/h1-11,14H,12-13,15H2. The van der Waals surface area contributed by atoms with Crippen LogP contribution in [0, 0.1) is 0 Å². The number of hydrogen-bond acceptors (Lipinski definition) is 4. The minimum absolute atomic E-state index is 0.149. The maximum atomic E-state index is 12.0. The van der Waals surface area contributed by atoms with Crippen molar-refractivity contribution in [1.82, 2.24) is 9.55 Å². The zero-order valence-corrected chi connectivity index (χ0v) is 17.4. The molecular weight excluding hydrogens is 423 g/mol. The van der Waals surface area contributed by atoms with Crippen LogP contribution in [0.1, 0.15) is 15.9 Å². The van der Waals surface area contributed by atoms with E-state index in [-0.39, 0.29) is 19.2 Å². The van der Waals surface area contributed by atoms with Crippen LogP contribution in [0.3, 0.4) is 0 Å². The van der Waals surface area contributed by atoms with Crippen LogP contribution >= 0.6 is 23.2 Å². The molecule has 5 nitrogen and oxygen atoms in total. The van der Waals surface area contributed by atoms with Crippen molar-refractivity contribution in [3.05, 3.63) is 94.2 Å². The molecule has 0 saturated carbocycles. The third-order valence-corrected chi connectivity index (χ3v) is 5.06. The van der Waals surface area contributed by atoms with Crippen molar-refractivity contribution < 1.29 is 14.3 Å². The van der Waals surface area contributed by atoms with Crippen LogP contribution in [-0.4, -0.2) is 28.7 Å². The zero-order valence-electron chi connectivity index (χ0n) is 15.9. The van der Waals surface area contributed by atoms with Crippen LogP contribution in [0.5, 0.6) is 5.75 Å². The Bertz CT molecular complexity index is 1160. The van der Waals surface area contributed by atoms with Crippen molar-refractivity contribution in [2.24, 2.45) is 0 Å². The van der Waals surface area contributed by atoms with Crippen molar-refractivity contribution in [2.75, 3.05) is 13.2 Å². The molecule has 0 saturated heterocycles. The predicted molar refractivity (Wildman–Crippen MR) is 118 cm³/mol. The topological polar surface area (TPSA) is 53.4 Å². The van der Waals surface area contributed by atoms with Crippen LogP contribution < -0.4 is 4.74 Å². The van der Waals surface area contributed by atoms with E-state index < -0.39 is 0 Å². The Morgan fingerprint density at radius 1 is 0.933 bits per heavy atom. The quantitative estimate of drug-likeness (QED) is 0.276. The second-order valence-corrected chi connectivity index (χ2v) is 7.37. The molecule has 0 aliphatic carbocycles. The highest BCUT2D eigenvalue weighted by Gasteiger charge is 2.11. The first-order valence-electron chi connectivity index (χ1n) is 9.35. The summed E-state index contributed by atoms with van der Waals surface area (Å²) in [5, 5.41) is 1.08. The molecule has 0 N–H and O–H groups in total. The summed E-state index contributed by atoms with van der Waals surface area (Å²) < 4.78 is 12.9. The fraction of sp³-hybridized carbons (Fsp3) is 0.130. The number of imidazole rings is 1. The summed E-state index contributed by atoms with van der Waals surface area (Å²) in [6.45, 7) is 0.949. The van der Waals surface area contributed by atoms with E-state index in [9.17, 15) is 4.79 Å². The third-order valence-electron chi connectivity index (χ3n) is 4.52. The smallest absolute Gasteiger partial charge is 0.338 e. The maximum Gasteiger partial charge on any atom is 0.338 e. The molecule has 7 heteroatoms. The summed E-state index contributed by atoms with van der Waals surface area (Å²) in [6, 6.07) is 22.0. The number of hydrogen-bond donors (Lipinski definition) is 0. The fourth-order valence-electron chi connectivity index (χ4n) is 3.04. The zero-order chi connectivity index (χ0) is 20.9. The number of nitrogens with zero attached hydrogens (tertiary/aromatic N) is 2. The van der Waals surface area contributed by atoms with Gasteiger partial charge in [0.25, 0.3) is 0 Å². The van der Waals surface area contributed by atoms with Gasteiger partial charge in [-0.2, -0.15) is 0 Å². The molecule has 4 rings (SSSR count). The first kappa shape index (κ1) is 20.3. The van der Waals surface area contributed by atoms with Gasteiger partial charge in [0.15, 0.2) is 0 Å². The second kappa shape index (κ2) is 9.20. The van der Waals surface area contributed by atoms with Gasteiger partial charge in [0, 0.05) is 11.1 Å². The van der Waals surface area contributed by atoms with Crippen LogP contribution in [0.25, 0.3) is 11.0 Å². The lowest BCUT2D eigenvalue weighted by Gasteiger charge is -2.09. The molecule has 3 aromatic carbocycles. The van der Waals surface area contributed by atoms with E-state index in [2.05, 4.69) is 4.98 Å². The Morgan fingerprint density at radius 3 is 2.47 bits per heavy atom. The van der Waals surface area contributed by atoms with Crippen LogP contribution in [-0.2, 0) is 11.3 Å². The average molecular weight is 441 g/mol. The molecule has 0 unspecified atom stereocenters. The molecule has 1 heterocycles. The molecule has 0 radical (unpaired) electrons. The number of ether oxygens (including phenoxy) is 2. The summed E-state index contributed by atoms with van der Waals surface area (Å²) in [5.74, 6) is 0.273. The molecule has 0 atom stereocenters. The van der Waals surface area contributed by atoms with Crippen molar-refractivity contribution in [3.63, 3.8) is 0 Å². The maximum absolute atomic E-state index is 12.0. The molecule has 0 fully saturated rings. The minimum atomic E-state index is -0.373. The van der Waals surface area contributed by atoms with Gasteiger partial charge < -0.3 is 14.0 Å². The molecule has 0 spiro atoms. The summed E-state index contributed by atoms with van der Waals surface area (Å²) in [6.07, 6.45) is 0. The predicted octanol–water partition coefficient (Wildman–Crippen LogP) is 5.63. The largest absolute Gasteiger partial charge is 0.490 e. The second-order valence-electron chi connectivity index (χ2n) is 6.59. The van der Waals surface area contributed by atoms with Crippen LogP contribution in [0.2, 0.25) is 10.3 Å². The van der Waals surface area contributed by atoms with Crippen molar-refractivity contribution >= 4 is 40.2 Å². The number of aromatic nitrogens is 2. The molecular formula is C23H18Cl2N2O3. The van der Waals surface area contributed by atoms with Crippen molar-refractivity contribution in [1.29, 1.82) is 0 Å². The molecule has 30 heavy (non-hydrogen) atoms. The minimum Gasteiger partial charge on any atom is -0.490 e. The van der Waals surface area contributed by atoms with Gasteiger partial charge in [-0.25, -0.2) is 9.78 Å². The summed E-state index contributed by atoms with van der Waals surface area (Å²) in [4.78, 5) is 16.4. The summed E-state index contributed by atoms with van der Waals surface area (Å²) in [7, 11) is 0. The molecule has 0 amide bonds. The number of benzene rings is 3. The summed E-state index contributed by atoms with van der Waals surface area (Å²) >= 11 is 12.3. The van der Waals surface area contributed by atoms with Gasteiger partial charge in [-0.3, -0.25) is 0 Å². The number of esters is 1. The van der Waals surface area contributed by atoms with Crippen LogP contribution in [0.4, 0.5) is 0 Å².